The highest BCUT2D eigenvalue weighted by Crippen LogP contribution is 2.28. The summed E-state index contributed by atoms with van der Waals surface area (Å²) in [7, 11) is 0. The third-order valence-corrected chi connectivity index (χ3v) is 6.76. The lowest BCUT2D eigenvalue weighted by atomic mass is 10.2. The van der Waals surface area contributed by atoms with Crippen LogP contribution in [0.25, 0.3) is 0 Å². The summed E-state index contributed by atoms with van der Waals surface area (Å²) in [6.45, 7) is 3.74. The quantitative estimate of drug-likeness (QED) is 0.187. The number of aromatic nitrogens is 2. The number of anilines is 6. The van der Waals surface area contributed by atoms with Crippen LogP contribution in [0.5, 0.6) is 0 Å². The summed E-state index contributed by atoms with van der Waals surface area (Å²) in [6.07, 6.45) is 1.75. The van der Waals surface area contributed by atoms with Gasteiger partial charge in [0.05, 0.1) is 28.2 Å². The van der Waals surface area contributed by atoms with Crippen molar-refractivity contribution < 1.29 is 9.53 Å². The summed E-state index contributed by atoms with van der Waals surface area (Å²) in [5.74, 6) is 1.10. The van der Waals surface area contributed by atoms with Crippen LogP contribution in [0.3, 0.4) is 0 Å². The lowest BCUT2D eigenvalue weighted by Gasteiger charge is -2.28. The molecule has 0 saturated carbocycles. The zero-order valence-corrected chi connectivity index (χ0v) is 22.8. The maximum absolute atomic E-state index is 12.5. The van der Waals surface area contributed by atoms with Crippen molar-refractivity contribution in [1.29, 1.82) is 0 Å². The molecule has 0 atom stereocenters. The van der Waals surface area contributed by atoms with Crippen molar-refractivity contribution in [2.75, 3.05) is 47.2 Å². The molecule has 2 amide bonds. The Morgan fingerprint density at radius 1 is 0.895 bits per heavy atom. The van der Waals surface area contributed by atoms with E-state index in [9.17, 15) is 4.79 Å². The minimum Gasteiger partial charge on any atom is -0.378 e. The molecule has 10 heteroatoms. The van der Waals surface area contributed by atoms with Gasteiger partial charge in [0.25, 0.3) is 0 Å². The van der Waals surface area contributed by atoms with Crippen LogP contribution in [-0.2, 0) is 11.3 Å². The number of halogens is 1. The lowest BCUT2D eigenvalue weighted by Crippen LogP contribution is -2.36. The van der Waals surface area contributed by atoms with E-state index >= 15 is 0 Å². The zero-order chi connectivity index (χ0) is 26.2. The average Bonchev–Trinajstić information content (AvgIpc) is 2.96. The summed E-state index contributed by atoms with van der Waals surface area (Å²) in [5, 5.41) is 12.4. The smallest absolute Gasteiger partial charge is 0.319 e. The molecule has 1 aromatic heterocycles. The van der Waals surface area contributed by atoms with Gasteiger partial charge in [0.1, 0.15) is 5.82 Å². The van der Waals surface area contributed by atoms with E-state index in [1.807, 2.05) is 66.7 Å². The van der Waals surface area contributed by atoms with E-state index in [0.717, 1.165) is 46.8 Å². The molecule has 1 fully saturated rings. The molecule has 38 heavy (non-hydrogen) atoms. The maximum Gasteiger partial charge on any atom is 0.319 e. The summed E-state index contributed by atoms with van der Waals surface area (Å²) in [6, 6.07) is 25.2. The fraction of sp³-hybridized carbons (Fsp3) is 0.179. The number of amides is 2. The van der Waals surface area contributed by atoms with Crippen LogP contribution < -0.4 is 26.2 Å². The number of ether oxygens (including phenoxy) is 1. The molecule has 4 N–H and O–H groups in total. The summed E-state index contributed by atoms with van der Waals surface area (Å²) < 4.78 is 6.29. The van der Waals surface area contributed by atoms with Gasteiger partial charge < -0.3 is 30.9 Å². The number of nitrogens with one attached hydrogen (secondary N) is 4. The second-order valence-electron chi connectivity index (χ2n) is 8.63. The van der Waals surface area contributed by atoms with Gasteiger partial charge in [-0.3, -0.25) is 0 Å². The number of rotatable bonds is 8. The molecule has 9 nitrogen and oxygen atoms in total. The minimum absolute atomic E-state index is 0.289. The van der Waals surface area contributed by atoms with Crippen molar-refractivity contribution in [3.8, 4) is 0 Å². The van der Waals surface area contributed by atoms with Gasteiger partial charge >= 0.3 is 6.03 Å². The van der Waals surface area contributed by atoms with E-state index in [4.69, 9.17) is 4.74 Å². The Bertz CT molecular complexity index is 1360. The predicted octanol–water partition coefficient (Wildman–Crippen LogP) is 5.73. The number of morpholine rings is 1. The van der Waals surface area contributed by atoms with Crippen LogP contribution in [0.2, 0.25) is 0 Å². The number of para-hydroxylation sites is 2. The largest absolute Gasteiger partial charge is 0.378 e. The van der Waals surface area contributed by atoms with Crippen molar-refractivity contribution in [3.63, 3.8) is 0 Å². The van der Waals surface area contributed by atoms with Gasteiger partial charge in [-0.05, 0) is 64.6 Å². The number of hydrogen-bond acceptors (Lipinski definition) is 7. The van der Waals surface area contributed by atoms with E-state index in [0.29, 0.717) is 24.0 Å². The van der Waals surface area contributed by atoms with Crippen molar-refractivity contribution >= 4 is 63.1 Å². The normalized spacial score (nSPS) is 13.0. The molecule has 194 valence electrons. The Balaban J connectivity index is 1.24. The summed E-state index contributed by atoms with van der Waals surface area (Å²) in [4.78, 5) is 24.0. The van der Waals surface area contributed by atoms with Gasteiger partial charge in [-0.2, -0.15) is 4.98 Å². The second-order valence-corrected chi connectivity index (χ2v) is 9.79. The zero-order valence-electron chi connectivity index (χ0n) is 20.7. The first-order valence-electron chi connectivity index (χ1n) is 12.3. The topological polar surface area (TPSA) is 103 Å². The molecule has 1 aliphatic rings. The van der Waals surface area contributed by atoms with Crippen molar-refractivity contribution in [1.82, 2.24) is 15.3 Å². The van der Waals surface area contributed by atoms with Crippen molar-refractivity contribution in [2.24, 2.45) is 0 Å². The lowest BCUT2D eigenvalue weighted by molar-refractivity contribution is 0.122. The number of carbonyl (C=O) groups is 1. The van der Waals surface area contributed by atoms with E-state index in [2.05, 4.69) is 70.9 Å². The molecular formula is C28H28IN7O2. The Hall–Kier alpha value is -3.90. The fourth-order valence-corrected chi connectivity index (χ4v) is 4.39. The fourth-order valence-electron chi connectivity index (χ4n) is 3.99. The standard InChI is InChI=1S/C28H28IN7O2/c29-23-19-30-27(32-21-10-12-22(13-11-21)36-14-16-38-17-15-36)35-26(23)33-24-8-4-5-9-25(24)34-28(37)31-18-20-6-2-1-3-7-20/h1-13,19H,14-18H2,(H2,31,34,37)(H2,30,32,33,35). The molecule has 0 aliphatic carbocycles. The van der Waals surface area contributed by atoms with Crippen molar-refractivity contribution in [2.45, 2.75) is 6.54 Å². The van der Waals surface area contributed by atoms with Gasteiger partial charge in [-0.25, -0.2) is 9.78 Å². The minimum atomic E-state index is -0.289. The van der Waals surface area contributed by atoms with Crippen LogP contribution in [0, 0.1) is 3.57 Å². The Labute approximate surface area is 235 Å². The first-order valence-corrected chi connectivity index (χ1v) is 13.4. The molecule has 0 bridgehead atoms. The van der Waals surface area contributed by atoms with Crippen LogP contribution in [-0.4, -0.2) is 42.3 Å². The third-order valence-electron chi connectivity index (χ3n) is 5.97. The predicted molar refractivity (Wildman–Crippen MR) is 160 cm³/mol. The Kier molecular flexibility index (Phi) is 8.51. The van der Waals surface area contributed by atoms with Crippen LogP contribution in [0.4, 0.5) is 39.3 Å². The highest BCUT2D eigenvalue weighted by atomic mass is 127. The molecule has 4 aromatic rings. The van der Waals surface area contributed by atoms with Crippen LogP contribution in [0.15, 0.2) is 85.1 Å². The first-order chi connectivity index (χ1) is 18.6. The van der Waals surface area contributed by atoms with Gasteiger partial charge in [0.2, 0.25) is 5.95 Å². The first kappa shape index (κ1) is 25.7. The molecule has 1 aliphatic heterocycles. The highest BCUT2D eigenvalue weighted by molar-refractivity contribution is 14.1. The molecule has 0 spiro atoms. The van der Waals surface area contributed by atoms with Gasteiger partial charge in [0.15, 0.2) is 0 Å². The van der Waals surface area contributed by atoms with Gasteiger partial charge in [0, 0.05) is 37.2 Å². The monoisotopic (exact) mass is 621 g/mol. The molecule has 0 unspecified atom stereocenters. The van der Waals surface area contributed by atoms with Crippen LogP contribution in [0.1, 0.15) is 5.56 Å². The van der Waals surface area contributed by atoms with E-state index in [1.54, 1.807) is 6.20 Å². The van der Waals surface area contributed by atoms with Crippen LogP contribution >= 0.6 is 22.6 Å². The highest BCUT2D eigenvalue weighted by Gasteiger charge is 2.13. The number of nitrogens with zero attached hydrogens (tertiary/aromatic N) is 3. The van der Waals surface area contributed by atoms with Gasteiger partial charge in [-0.15, -0.1) is 0 Å². The number of carbonyl (C=O) groups excluding carboxylic acids is 1. The molecule has 0 radical (unpaired) electrons. The Morgan fingerprint density at radius 2 is 1.61 bits per heavy atom. The molecule has 3 aromatic carbocycles. The number of benzene rings is 3. The van der Waals surface area contributed by atoms with Crippen molar-refractivity contribution in [3.05, 3.63) is 94.2 Å². The number of urea groups is 1. The summed E-state index contributed by atoms with van der Waals surface area (Å²) in [5.41, 5.74) is 4.45. The third kappa shape index (κ3) is 6.90. The van der Waals surface area contributed by atoms with Gasteiger partial charge in [-0.1, -0.05) is 42.5 Å². The maximum atomic E-state index is 12.5. The van der Waals surface area contributed by atoms with E-state index in [-0.39, 0.29) is 6.03 Å². The Morgan fingerprint density at radius 3 is 2.37 bits per heavy atom. The second kappa shape index (κ2) is 12.6. The molecule has 2 heterocycles. The number of hydrogen-bond donors (Lipinski definition) is 4. The molecule has 1 saturated heterocycles. The average molecular weight is 621 g/mol. The summed E-state index contributed by atoms with van der Waals surface area (Å²) >= 11 is 2.19. The SMILES string of the molecule is O=C(NCc1ccccc1)Nc1ccccc1Nc1nc(Nc2ccc(N3CCOCC3)cc2)ncc1I. The van der Waals surface area contributed by atoms with E-state index < -0.39 is 0 Å². The van der Waals surface area contributed by atoms with E-state index in [1.165, 1.54) is 5.69 Å². The molecular weight excluding hydrogens is 593 g/mol. The molecule has 5 rings (SSSR count).